The first-order valence-electron chi connectivity index (χ1n) is 3.06. The SMILES string of the molecule is COc1c(I)c(I)c(F)c(I)c1I. The highest BCUT2D eigenvalue weighted by atomic mass is 127. The van der Waals surface area contributed by atoms with Crippen molar-refractivity contribution in [2.24, 2.45) is 0 Å². The van der Waals surface area contributed by atoms with Crippen LogP contribution in [0.5, 0.6) is 5.75 Å². The molecule has 0 amide bonds. The van der Waals surface area contributed by atoms with Crippen molar-refractivity contribution < 1.29 is 9.13 Å². The second-order valence-corrected chi connectivity index (χ2v) is 6.42. The summed E-state index contributed by atoms with van der Waals surface area (Å²) in [6.07, 6.45) is 0. The van der Waals surface area contributed by atoms with E-state index >= 15 is 0 Å². The van der Waals surface area contributed by atoms with Gasteiger partial charge in [-0.1, -0.05) is 0 Å². The van der Waals surface area contributed by atoms with Gasteiger partial charge in [0.05, 0.1) is 21.4 Å². The number of rotatable bonds is 1. The Labute approximate surface area is 130 Å². The fourth-order valence-electron chi connectivity index (χ4n) is 0.764. The summed E-state index contributed by atoms with van der Waals surface area (Å²) in [6.45, 7) is 0. The molecule has 6 heteroatoms. The van der Waals surface area contributed by atoms with Gasteiger partial charge in [-0.2, -0.15) is 0 Å². The van der Waals surface area contributed by atoms with E-state index in [4.69, 9.17) is 4.74 Å². The van der Waals surface area contributed by atoms with Crippen molar-refractivity contribution in [2.75, 3.05) is 7.11 Å². The third-order valence-corrected chi connectivity index (χ3v) is 7.52. The first kappa shape index (κ1) is 12.9. The third kappa shape index (κ3) is 2.52. The molecule has 0 radical (unpaired) electrons. The van der Waals surface area contributed by atoms with Gasteiger partial charge in [0.1, 0.15) is 5.75 Å². The highest BCUT2D eigenvalue weighted by Crippen LogP contribution is 2.36. The molecule has 0 spiro atoms. The zero-order valence-electron chi connectivity index (χ0n) is 6.30. The van der Waals surface area contributed by atoms with E-state index in [9.17, 15) is 4.39 Å². The molecular weight excluding hydrogens is 627 g/mol. The summed E-state index contributed by atoms with van der Waals surface area (Å²) in [5.41, 5.74) is 0. The summed E-state index contributed by atoms with van der Waals surface area (Å²) >= 11 is 8.16. The molecule has 1 aromatic rings. The normalized spacial score (nSPS) is 10.3. The Morgan fingerprint density at radius 3 is 1.62 bits per heavy atom. The molecule has 13 heavy (non-hydrogen) atoms. The second kappa shape index (κ2) is 5.27. The zero-order valence-corrected chi connectivity index (χ0v) is 14.9. The largest absolute Gasteiger partial charge is 0.494 e. The van der Waals surface area contributed by atoms with Gasteiger partial charge in [0.2, 0.25) is 0 Å². The average Bonchev–Trinajstić information content (AvgIpc) is 2.13. The van der Waals surface area contributed by atoms with E-state index in [-0.39, 0.29) is 5.82 Å². The Morgan fingerprint density at radius 2 is 1.31 bits per heavy atom. The molecule has 0 saturated heterocycles. The summed E-state index contributed by atoms with van der Waals surface area (Å²) in [6, 6.07) is 0. The highest BCUT2D eigenvalue weighted by molar-refractivity contribution is 14.1. The highest BCUT2D eigenvalue weighted by Gasteiger charge is 2.18. The molecule has 0 saturated carbocycles. The van der Waals surface area contributed by atoms with E-state index in [0.717, 1.165) is 12.9 Å². The third-order valence-electron chi connectivity index (χ3n) is 1.37. The molecule has 0 unspecified atom stereocenters. The van der Waals surface area contributed by atoms with Crippen molar-refractivity contribution in [2.45, 2.75) is 0 Å². The summed E-state index contributed by atoms with van der Waals surface area (Å²) in [7, 11) is 1.60. The van der Waals surface area contributed by atoms with Crippen LogP contribution < -0.4 is 4.74 Å². The van der Waals surface area contributed by atoms with Crippen LogP contribution in [0.25, 0.3) is 0 Å². The number of hydrogen-bond donors (Lipinski definition) is 0. The van der Waals surface area contributed by atoms with Gasteiger partial charge in [-0.15, -0.1) is 0 Å². The quantitative estimate of drug-likeness (QED) is 0.257. The van der Waals surface area contributed by atoms with E-state index in [0.29, 0.717) is 7.14 Å². The van der Waals surface area contributed by atoms with Crippen LogP contribution in [0.3, 0.4) is 0 Å². The van der Waals surface area contributed by atoms with Gasteiger partial charge in [0.15, 0.2) is 5.82 Å². The van der Waals surface area contributed by atoms with E-state index in [1.54, 1.807) is 7.11 Å². The lowest BCUT2D eigenvalue weighted by Gasteiger charge is -2.10. The lowest BCUT2D eigenvalue weighted by molar-refractivity contribution is 0.406. The molecule has 0 aromatic heterocycles. The van der Waals surface area contributed by atoms with Gasteiger partial charge >= 0.3 is 0 Å². The number of benzene rings is 1. The predicted octanol–water partition coefficient (Wildman–Crippen LogP) is 4.25. The van der Waals surface area contributed by atoms with Crippen molar-refractivity contribution in [1.29, 1.82) is 0 Å². The van der Waals surface area contributed by atoms with E-state index in [1.807, 2.05) is 45.2 Å². The van der Waals surface area contributed by atoms with Crippen molar-refractivity contribution >= 4 is 90.4 Å². The Bertz CT molecular complexity index is 324. The van der Waals surface area contributed by atoms with E-state index in [1.165, 1.54) is 0 Å². The van der Waals surface area contributed by atoms with Crippen molar-refractivity contribution in [3.05, 3.63) is 20.1 Å². The second-order valence-electron chi connectivity index (χ2n) is 2.10. The number of hydrogen-bond acceptors (Lipinski definition) is 1. The van der Waals surface area contributed by atoms with Crippen LogP contribution in [0.2, 0.25) is 0 Å². The standard InChI is InChI=1S/C7H3FI4O/c1-13-7-5(11)3(9)2(8)4(10)6(7)12/h1H3. The lowest BCUT2D eigenvalue weighted by atomic mass is 10.3. The minimum Gasteiger partial charge on any atom is -0.494 e. The van der Waals surface area contributed by atoms with Crippen LogP contribution >= 0.6 is 90.4 Å². The molecule has 0 atom stereocenters. The van der Waals surface area contributed by atoms with Crippen LogP contribution in [0.15, 0.2) is 0 Å². The molecule has 0 heterocycles. The van der Waals surface area contributed by atoms with Gasteiger partial charge in [0.25, 0.3) is 0 Å². The molecule has 0 bridgehead atoms. The molecule has 0 aliphatic carbocycles. The Hall–Kier alpha value is 1.87. The Morgan fingerprint density at radius 1 is 0.923 bits per heavy atom. The minimum absolute atomic E-state index is 0.157. The Kier molecular flexibility index (Phi) is 5.25. The molecule has 0 aliphatic rings. The van der Waals surface area contributed by atoms with Crippen LogP contribution in [-0.2, 0) is 0 Å². The summed E-state index contributed by atoms with van der Waals surface area (Å²) in [4.78, 5) is 0. The summed E-state index contributed by atoms with van der Waals surface area (Å²) in [5, 5.41) is 0. The molecule has 1 rings (SSSR count). The van der Waals surface area contributed by atoms with Crippen LogP contribution in [0, 0.1) is 20.1 Å². The molecule has 0 N–H and O–H groups in total. The predicted molar refractivity (Wildman–Crippen MR) is 83.8 cm³/mol. The molecule has 0 fully saturated rings. The van der Waals surface area contributed by atoms with Crippen LogP contribution in [-0.4, -0.2) is 7.11 Å². The van der Waals surface area contributed by atoms with Gasteiger partial charge in [-0.3, -0.25) is 0 Å². The molecule has 0 aliphatic heterocycles. The van der Waals surface area contributed by atoms with Gasteiger partial charge in [0, 0.05) is 0 Å². The van der Waals surface area contributed by atoms with E-state index < -0.39 is 0 Å². The number of methoxy groups -OCH3 is 1. The van der Waals surface area contributed by atoms with Crippen molar-refractivity contribution in [3.63, 3.8) is 0 Å². The molecule has 72 valence electrons. The average molecular weight is 630 g/mol. The van der Waals surface area contributed by atoms with Crippen LogP contribution in [0.1, 0.15) is 0 Å². The fraction of sp³-hybridized carbons (Fsp3) is 0.143. The lowest BCUT2D eigenvalue weighted by Crippen LogP contribution is -2.00. The summed E-state index contributed by atoms with van der Waals surface area (Å²) in [5.74, 6) is 0.604. The topological polar surface area (TPSA) is 9.23 Å². The fourth-order valence-corrected chi connectivity index (χ4v) is 4.28. The maximum absolute atomic E-state index is 13.5. The van der Waals surface area contributed by atoms with Crippen LogP contribution in [0.4, 0.5) is 4.39 Å². The maximum Gasteiger partial charge on any atom is 0.152 e. The molecular formula is C7H3FI4O. The monoisotopic (exact) mass is 630 g/mol. The van der Waals surface area contributed by atoms with Crippen molar-refractivity contribution in [3.8, 4) is 5.75 Å². The number of ether oxygens (including phenoxy) is 1. The Balaban J connectivity index is 3.56. The summed E-state index contributed by atoms with van der Waals surface area (Å²) < 4.78 is 21.6. The zero-order chi connectivity index (χ0) is 10.2. The van der Waals surface area contributed by atoms with Gasteiger partial charge < -0.3 is 4.74 Å². The van der Waals surface area contributed by atoms with Gasteiger partial charge in [-0.25, -0.2) is 4.39 Å². The molecule has 1 aromatic carbocycles. The van der Waals surface area contributed by atoms with E-state index in [2.05, 4.69) is 45.2 Å². The smallest absolute Gasteiger partial charge is 0.152 e. The van der Waals surface area contributed by atoms with Gasteiger partial charge in [-0.05, 0) is 90.4 Å². The van der Waals surface area contributed by atoms with Crippen molar-refractivity contribution in [1.82, 2.24) is 0 Å². The first-order chi connectivity index (χ1) is 6.00. The first-order valence-corrected chi connectivity index (χ1v) is 7.37. The number of halogens is 5. The maximum atomic E-state index is 13.5. The molecule has 1 nitrogen and oxygen atoms in total. The minimum atomic E-state index is -0.157.